The van der Waals surface area contributed by atoms with Crippen molar-refractivity contribution in [2.24, 2.45) is 0 Å². The predicted molar refractivity (Wildman–Crippen MR) is 72.6 cm³/mol. The Morgan fingerprint density at radius 2 is 2.00 bits per heavy atom. The third-order valence-corrected chi connectivity index (χ3v) is 5.03. The zero-order chi connectivity index (χ0) is 14.6. The summed E-state index contributed by atoms with van der Waals surface area (Å²) in [6.07, 6.45) is 2.45. The van der Waals surface area contributed by atoms with E-state index in [0.29, 0.717) is 25.9 Å². The number of rotatable bonds is 12. The molecule has 7 heteroatoms. The van der Waals surface area contributed by atoms with Gasteiger partial charge in [-0.1, -0.05) is 13.2 Å². The van der Waals surface area contributed by atoms with Crippen LogP contribution in [0.25, 0.3) is 0 Å². The molecule has 0 fully saturated rings. The molecule has 6 nitrogen and oxygen atoms in total. The second kappa shape index (κ2) is 10.7. The molecule has 1 unspecified atom stereocenters. The van der Waals surface area contributed by atoms with Crippen molar-refractivity contribution in [3.63, 3.8) is 0 Å². The first-order valence-corrected chi connectivity index (χ1v) is 8.39. The number of carbonyl (C=O) groups excluding carboxylic acids is 1. The van der Waals surface area contributed by atoms with Crippen LogP contribution in [0, 0.1) is 0 Å². The highest BCUT2D eigenvalue weighted by molar-refractivity contribution is 6.66. The van der Waals surface area contributed by atoms with Gasteiger partial charge in [-0.25, -0.2) is 4.79 Å². The van der Waals surface area contributed by atoms with Crippen molar-refractivity contribution in [2.45, 2.75) is 12.6 Å². The van der Waals surface area contributed by atoms with Gasteiger partial charge in [0.05, 0.1) is 12.9 Å². The second-order valence-electron chi connectivity index (χ2n) is 3.67. The minimum Gasteiger partial charge on any atom is -0.499 e. The first-order chi connectivity index (χ1) is 9.08. The number of carbonyl (C=O) groups is 1. The third-order valence-electron chi connectivity index (χ3n) is 2.33. The van der Waals surface area contributed by atoms with Crippen molar-refractivity contribution < 1.29 is 27.9 Å². The van der Waals surface area contributed by atoms with E-state index in [4.69, 9.17) is 23.1 Å². The monoisotopic (exact) mass is 290 g/mol. The Labute approximate surface area is 115 Å². The number of hydrogen-bond donors (Lipinski definition) is 0. The van der Waals surface area contributed by atoms with Gasteiger partial charge in [0.15, 0.2) is 6.79 Å². The van der Waals surface area contributed by atoms with Crippen LogP contribution in [0.4, 0.5) is 0 Å². The Balaban J connectivity index is 3.78. The van der Waals surface area contributed by atoms with Crippen molar-refractivity contribution >= 4 is 14.5 Å². The summed E-state index contributed by atoms with van der Waals surface area (Å²) in [7, 11) is -0.797. The van der Waals surface area contributed by atoms with Crippen LogP contribution in [0.3, 0.4) is 0 Å². The largest absolute Gasteiger partial charge is 0.499 e. The first kappa shape index (κ1) is 17.8. The van der Waals surface area contributed by atoms with Crippen molar-refractivity contribution in [3.05, 3.63) is 25.5 Å². The molecule has 0 bridgehead atoms. The maximum Gasteiger partial charge on any atom is 0.339 e. The van der Waals surface area contributed by atoms with E-state index < -0.39 is 14.5 Å². The van der Waals surface area contributed by atoms with Gasteiger partial charge < -0.3 is 23.1 Å². The van der Waals surface area contributed by atoms with Gasteiger partial charge in [-0.2, -0.15) is 0 Å². The van der Waals surface area contributed by atoms with E-state index in [-0.39, 0.29) is 6.79 Å². The molecule has 0 N–H and O–H groups in total. The Kier molecular flexibility index (Phi) is 10.1. The van der Waals surface area contributed by atoms with E-state index in [1.165, 1.54) is 6.26 Å². The van der Waals surface area contributed by atoms with E-state index in [1.807, 2.05) is 6.55 Å². The van der Waals surface area contributed by atoms with Gasteiger partial charge in [-0.15, -0.1) is 0 Å². The molecule has 0 radical (unpaired) electrons. The minimum absolute atomic E-state index is 0.138. The highest BCUT2D eigenvalue weighted by atomic mass is 28.4. The van der Waals surface area contributed by atoms with Gasteiger partial charge in [0.2, 0.25) is 0 Å². The minimum atomic E-state index is -2.37. The fraction of sp³-hybridized carbons (Fsp3) is 0.583. The number of ether oxygens (including phenoxy) is 3. The molecule has 19 heavy (non-hydrogen) atoms. The van der Waals surface area contributed by atoms with E-state index in [1.54, 1.807) is 7.11 Å². The van der Waals surface area contributed by atoms with E-state index in [9.17, 15) is 4.79 Å². The lowest BCUT2D eigenvalue weighted by Crippen LogP contribution is -2.39. The van der Waals surface area contributed by atoms with Crippen molar-refractivity contribution in [2.75, 3.05) is 33.7 Å². The Morgan fingerprint density at radius 3 is 2.58 bits per heavy atom. The van der Waals surface area contributed by atoms with Gasteiger partial charge in [0, 0.05) is 25.8 Å². The van der Waals surface area contributed by atoms with Gasteiger partial charge in [-0.3, -0.25) is 0 Å². The summed E-state index contributed by atoms with van der Waals surface area (Å²) in [5, 5.41) is 0. The highest BCUT2D eigenvalue weighted by Gasteiger charge is 2.30. The lowest BCUT2D eigenvalue weighted by molar-refractivity contribution is -0.145. The van der Waals surface area contributed by atoms with Crippen LogP contribution in [-0.2, 0) is 27.9 Å². The summed E-state index contributed by atoms with van der Waals surface area (Å²) in [6.45, 7) is 9.89. The molecular weight excluding hydrogens is 268 g/mol. The zero-order valence-electron chi connectivity index (χ0n) is 11.6. The summed E-state index contributed by atoms with van der Waals surface area (Å²) in [4.78, 5) is 10.9. The van der Waals surface area contributed by atoms with Crippen LogP contribution in [0.5, 0.6) is 0 Å². The van der Waals surface area contributed by atoms with Crippen molar-refractivity contribution in [3.8, 4) is 0 Å². The molecule has 0 aromatic carbocycles. The molecule has 0 aliphatic rings. The standard InChI is InChI=1S/C12H22O6Si/c1-5-12(13)17-11-18-19(4,14-3)10-9-16-8-7-15-6-2/h5-6H,1-2,7-11H2,3-4H3. The zero-order valence-corrected chi connectivity index (χ0v) is 12.6. The maximum atomic E-state index is 10.9. The van der Waals surface area contributed by atoms with Crippen molar-refractivity contribution in [1.82, 2.24) is 0 Å². The molecule has 0 aliphatic heterocycles. The Hall–Kier alpha value is -1.15. The molecule has 0 heterocycles. The average Bonchev–Trinajstić information content (AvgIpc) is 2.42. The van der Waals surface area contributed by atoms with Crippen LogP contribution in [0.15, 0.2) is 25.5 Å². The average molecular weight is 290 g/mol. The Morgan fingerprint density at radius 1 is 1.26 bits per heavy atom. The third kappa shape index (κ3) is 9.43. The molecule has 0 rings (SSSR count). The van der Waals surface area contributed by atoms with Crippen molar-refractivity contribution in [1.29, 1.82) is 0 Å². The summed E-state index contributed by atoms with van der Waals surface area (Å²) < 4.78 is 25.9. The first-order valence-electron chi connectivity index (χ1n) is 5.86. The lowest BCUT2D eigenvalue weighted by Gasteiger charge is -2.24. The number of esters is 1. The predicted octanol–water partition coefficient (Wildman–Crippen LogP) is 1.58. The summed E-state index contributed by atoms with van der Waals surface area (Å²) in [6, 6.07) is 0.628. The molecule has 0 saturated carbocycles. The van der Waals surface area contributed by atoms with Gasteiger partial charge in [0.25, 0.3) is 0 Å². The molecule has 0 aliphatic carbocycles. The second-order valence-corrected chi connectivity index (χ2v) is 7.13. The van der Waals surface area contributed by atoms with Crippen LogP contribution >= 0.6 is 0 Å². The summed E-state index contributed by atoms with van der Waals surface area (Å²) in [5.41, 5.74) is 0. The van der Waals surface area contributed by atoms with E-state index in [0.717, 1.165) is 6.08 Å². The van der Waals surface area contributed by atoms with Gasteiger partial charge in [-0.05, 0) is 6.55 Å². The number of hydrogen-bond acceptors (Lipinski definition) is 6. The highest BCUT2D eigenvalue weighted by Crippen LogP contribution is 2.12. The molecule has 110 valence electrons. The maximum absolute atomic E-state index is 10.9. The molecule has 0 amide bonds. The van der Waals surface area contributed by atoms with Crippen LogP contribution < -0.4 is 0 Å². The summed E-state index contributed by atoms with van der Waals surface area (Å²) >= 11 is 0. The van der Waals surface area contributed by atoms with Crippen LogP contribution in [0.2, 0.25) is 12.6 Å². The van der Waals surface area contributed by atoms with Crippen LogP contribution in [-0.4, -0.2) is 48.3 Å². The molecule has 0 aromatic heterocycles. The SMILES string of the molecule is C=COCCOCC[Si](C)(OC)OCOC(=O)C=C. The molecule has 0 aromatic rings. The van der Waals surface area contributed by atoms with Crippen LogP contribution in [0.1, 0.15) is 0 Å². The van der Waals surface area contributed by atoms with E-state index in [2.05, 4.69) is 13.2 Å². The fourth-order valence-corrected chi connectivity index (χ4v) is 2.34. The topological polar surface area (TPSA) is 63.2 Å². The molecule has 0 spiro atoms. The smallest absolute Gasteiger partial charge is 0.339 e. The lowest BCUT2D eigenvalue weighted by atomic mass is 10.7. The quantitative estimate of drug-likeness (QED) is 0.136. The molecular formula is C12H22O6Si. The fourth-order valence-electron chi connectivity index (χ4n) is 1.05. The van der Waals surface area contributed by atoms with Gasteiger partial charge in [0.1, 0.15) is 6.61 Å². The Bertz CT molecular complexity index is 283. The molecule has 1 atom stereocenters. The van der Waals surface area contributed by atoms with Gasteiger partial charge >= 0.3 is 14.5 Å². The molecule has 0 saturated heterocycles. The summed E-state index contributed by atoms with van der Waals surface area (Å²) in [5.74, 6) is -0.523. The van der Waals surface area contributed by atoms with E-state index >= 15 is 0 Å². The normalized spacial score (nSPS) is 13.4.